The van der Waals surface area contributed by atoms with Crippen molar-refractivity contribution in [3.63, 3.8) is 0 Å². The Balaban J connectivity index is 0.000000271. The molecule has 5 heterocycles. The summed E-state index contributed by atoms with van der Waals surface area (Å²) in [4.78, 5) is 12.6. The molecule has 184 valence electrons. The first-order valence-corrected chi connectivity index (χ1v) is 12.7. The quantitative estimate of drug-likeness (QED) is 0.487. The van der Waals surface area contributed by atoms with Crippen LogP contribution in [0.1, 0.15) is 37.3 Å². The van der Waals surface area contributed by atoms with Gasteiger partial charge >= 0.3 is 0 Å². The van der Waals surface area contributed by atoms with E-state index < -0.39 is 11.0 Å². The van der Waals surface area contributed by atoms with Crippen LogP contribution in [0.2, 0.25) is 0 Å². The van der Waals surface area contributed by atoms with Gasteiger partial charge in [-0.05, 0) is 31.7 Å². The van der Waals surface area contributed by atoms with Crippen molar-refractivity contribution >= 4 is 22.9 Å². The van der Waals surface area contributed by atoms with Crippen LogP contribution in [-0.4, -0.2) is 72.5 Å². The zero-order chi connectivity index (χ0) is 24.8. The number of nitrogens with zero attached hydrogens (tertiary/aromatic N) is 7. The van der Waals surface area contributed by atoms with E-state index in [0.29, 0.717) is 22.9 Å². The van der Waals surface area contributed by atoms with E-state index in [4.69, 9.17) is 4.74 Å². The van der Waals surface area contributed by atoms with E-state index in [9.17, 15) is 14.3 Å². The molecule has 0 bridgehead atoms. The number of pyridine rings is 1. The lowest BCUT2D eigenvalue weighted by molar-refractivity contribution is -0.119. The summed E-state index contributed by atoms with van der Waals surface area (Å²) in [7, 11) is 0.676. The van der Waals surface area contributed by atoms with Crippen LogP contribution in [0.4, 0.5) is 0 Å². The molecule has 5 rings (SSSR count). The van der Waals surface area contributed by atoms with Gasteiger partial charge in [0.25, 0.3) is 0 Å². The molecule has 1 atom stereocenters. The minimum Gasteiger partial charge on any atom is -0.494 e. The molecule has 0 spiro atoms. The zero-order valence-corrected chi connectivity index (χ0v) is 20.6. The molecule has 0 saturated carbocycles. The number of amides is 1. The number of carbonyl (C=O) groups is 1. The number of aromatic nitrogens is 4. The van der Waals surface area contributed by atoms with Crippen molar-refractivity contribution in [3.8, 4) is 22.9 Å². The minimum atomic E-state index is -0.905. The van der Waals surface area contributed by atoms with Gasteiger partial charge in [-0.2, -0.15) is 15.5 Å². The Morgan fingerprint density at radius 3 is 2.51 bits per heavy atom. The van der Waals surface area contributed by atoms with Crippen LogP contribution in [-0.2, 0) is 15.8 Å². The number of piperidine rings is 1. The summed E-state index contributed by atoms with van der Waals surface area (Å²) >= 11 is 0. The normalized spacial score (nSPS) is 17.4. The minimum absolute atomic E-state index is 0.292. The highest BCUT2D eigenvalue weighted by atomic mass is 32.2. The van der Waals surface area contributed by atoms with Crippen molar-refractivity contribution < 1.29 is 13.7 Å². The van der Waals surface area contributed by atoms with Gasteiger partial charge < -0.3 is 9.64 Å². The van der Waals surface area contributed by atoms with Crippen LogP contribution >= 0.6 is 0 Å². The highest BCUT2D eigenvalue weighted by Gasteiger charge is 2.21. The van der Waals surface area contributed by atoms with Crippen molar-refractivity contribution in [1.29, 1.82) is 5.26 Å². The van der Waals surface area contributed by atoms with E-state index in [1.165, 1.54) is 24.4 Å². The lowest BCUT2D eigenvalue weighted by atomic mass is 10.1. The van der Waals surface area contributed by atoms with Crippen LogP contribution in [0.5, 0.6) is 5.75 Å². The van der Waals surface area contributed by atoms with E-state index in [0.717, 1.165) is 56.6 Å². The molecule has 0 radical (unpaired) electrons. The fourth-order valence-corrected chi connectivity index (χ4v) is 5.22. The second-order valence-corrected chi connectivity index (χ2v) is 9.82. The molecular weight excluding hydrogens is 466 g/mol. The highest BCUT2D eigenvalue weighted by molar-refractivity contribution is 7.85. The third-order valence-electron chi connectivity index (χ3n) is 6.34. The summed E-state index contributed by atoms with van der Waals surface area (Å²) in [6.45, 7) is 6.92. The summed E-state index contributed by atoms with van der Waals surface area (Å²) in [5, 5.41) is 19.5. The maximum Gasteiger partial charge on any atom is 0.209 e. The fourth-order valence-electron chi connectivity index (χ4n) is 4.40. The number of rotatable bonds is 6. The maximum atomic E-state index is 10.9. The topological polar surface area (TPSA) is 109 Å². The van der Waals surface area contributed by atoms with Gasteiger partial charge in [0.1, 0.15) is 33.9 Å². The van der Waals surface area contributed by atoms with Crippen molar-refractivity contribution in [3.05, 3.63) is 48.4 Å². The van der Waals surface area contributed by atoms with Crippen LogP contribution in [0, 0.1) is 11.3 Å². The van der Waals surface area contributed by atoms with Gasteiger partial charge in [-0.3, -0.25) is 9.48 Å². The summed E-state index contributed by atoms with van der Waals surface area (Å²) in [5.41, 5.74) is 3.01. The number of fused-ring (bicyclic) bond motifs is 1. The molecule has 2 fully saturated rings. The molecule has 2 aliphatic heterocycles. The van der Waals surface area contributed by atoms with E-state index in [1.54, 1.807) is 16.5 Å². The molecule has 1 unspecified atom stereocenters. The summed E-state index contributed by atoms with van der Waals surface area (Å²) < 4.78 is 22.0. The predicted octanol–water partition coefficient (Wildman–Crippen LogP) is 2.76. The van der Waals surface area contributed by atoms with E-state index >= 15 is 0 Å². The van der Waals surface area contributed by atoms with Crippen molar-refractivity contribution in [2.24, 2.45) is 0 Å². The fraction of sp³-hybridized carbons (Fsp3) is 0.417. The predicted molar refractivity (Wildman–Crippen MR) is 133 cm³/mol. The molecular formula is C24H29N7O3S. The van der Waals surface area contributed by atoms with Crippen molar-refractivity contribution in [2.75, 3.05) is 33.3 Å². The smallest absolute Gasteiger partial charge is 0.209 e. The Bertz CT molecular complexity index is 1250. The van der Waals surface area contributed by atoms with Gasteiger partial charge in [0.15, 0.2) is 0 Å². The van der Waals surface area contributed by atoms with Crippen LogP contribution in [0.15, 0.2) is 42.8 Å². The average Bonchev–Trinajstić information content (AvgIpc) is 3.68. The zero-order valence-electron chi connectivity index (χ0n) is 19.7. The number of hydrogen-bond donors (Lipinski definition) is 0. The number of methoxy groups -OCH3 is 1. The second-order valence-electron chi connectivity index (χ2n) is 8.42. The summed E-state index contributed by atoms with van der Waals surface area (Å²) in [6.07, 6.45) is 12.3. The van der Waals surface area contributed by atoms with Gasteiger partial charge in [-0.1, -0.05) is 6.58 Å². The molecule has 0 aromatic carbocycles. The molecule has 3 aromatic rings. The number of nitriles is 1. The molecule has 1 amide bonds. The van der Waals surface area contributed by atoms with E-state index in [-0.39, 0.29) is 0 Å². The Morgan fingerprint density at radius 1 is 1.14 bits per heavy atom. The van der Waals surface area contributed by atoms with E-state index in [2.05, 4.69) is 22.8 Å². The first kappa shape index (κ1) is 24.6. The lowest BCUT2D eigenvalue weighted by Crippen LogP contribution is -2.33. The van der Waals surface area contributed by atoms with Crippen molar-refractivity contribution in [1.82, 2.24) is 28.6 Å². The highest BCUT2D eigenvalue weighted by Crippen LogP contribution is 2.30. The monoisotopic (exact) mass is 495 g/mol. The van der Waals surface area contributed by atoms with Gasteiger partial charge in [0, 0.05) is 55.1 Å². The number of ether oxygens (including phenoxy) is 1. The number of hydrogen-bond acceptors (Lipinski definition) is 6. The third kappa shape index (κ3) is 5.44. The van der Waals surface area contributed by atoms with Gasteiger partial charge in [-0.25, -0.2) is 13.0 Å². The summed E-state index contributed by atoms with van der Waals surface area (Å²) in [5.74, 6) is 0.601. The molecule has 2 aliphatic rings. The molecule has 10 nitrogen and oxygen atoms in total. The van der Waals surface area contributed by atoms with E-state index in [1.807, 2.05) is 33.6 Å². The first-order chi connectivity index (χ1) is 17.1. The molecule has 0 aliphatic carbocycles. The molecule has 35 heavy (non-hydrogen) atoms. The average molecular weight is 496 g/mol. The Hall–Kier alpha value is -3.49. The maximum absolute atomic E-state index is 10.9. The van der Waals surface area contributed by atoms with Crippen LogP contribution in [0.25, 0.3) is 16.6 Å². The number of carbonyl (C=O) groups excluding carboxylic acids is 1. The molecule has 0 N–H and O–H groups in total. The molecule has 3 aromatic heterocycles. The molecule has 11 heteroatoms. The lowest BCUT2D eigenvalue weighted by Gasteiger charge is -2.29. The Labute approximate surface area is 207 Å². The Morgan fingerprint density at radius 2 is 1.89 bits per heavy atom. The van der Waals surface area contributed by atoms with Crippen molar-refractivity contribution in [2.45, 2.75) is 31.7 Å². The third-order valence-corrected chi connectivity index (χ3v) is 7.50. The number of likely N-dealkylation sites (tertiary alicyclic amines) is 1. The summed E-state index contributed by atoms with van der Waals surface area (Å²) in [6, 6.07) is 4.32. The SMILES string of the molecule is C=CS(=O)N1CCCC1.COc1cc(-c2cnn(C3CCN(C=O)CC3)c2)cn2ncc(C#N)c12. The standard InChI is InChI=1S/C18H18N6O2.C6H11NOS/c1-26-17-6-13(10-24-18(17)14(7-19)8-21-24)15-9-20-23(11-15)16-2-4-22(12-25)5-3-16;1-2-9(8)7-5-3-4-6-7/h6,8-12,16H,2-5H2,1H3;2H,1,3-6H2. The van der Waals surface area contributed by atoms with Gasteiger partial charge in [0.2, 0.25) is 6.41 Å². The van der Waals surface area contributed by atoms with Crippen LogP contribution in [0.3, 0.4) is 0 Å². The largest absolute Gasteiger partial charge is 0.494 e. The van der Waals surface area contributed by atoms with Gasteiger partial charge in [-0.15, -0.1) is 0 Å². The molecule has 2 saturated heterocycles. The first-order valence-electron chi connectivity index (χ1n) is 11.6. The van der Waals surface area contributed by atoms with Gasteiger partial charge in [0.05, 0.1) is 25.5 Å². The van der Waals surface area contributed by atoms with Crippen LogP contribution < -0.4 is 4.74 Å². The second kappa shape index (κ2) is 11.3. The Kier molecular flexibility index (Phi) is 7.94.